The number of allylic oxidation sites excluding steroid dienone is 2. The Labute approximate surface area is 178 Å². The van der Waals surface area contributed by atoms with Crippen molar-refractivity contribution in [2.24, 2.45) is 11.8 Å². The number of carbonyl (C=O) groups excluding carboxylic acids is 3. The Bertz CT molecular complexity index is 964. The van der Waals surface area contributed by atoms with Crippen molar-refractivity contribution >= 4 is 52.5 Å². The van der Waals surface area contributed by atoms with Gasteiger partial charge in [0.1, 0.15) is 0 Å². The molecular weight excluding hydrogens is 408 g/mol. The van der Waals surface area contributed by atoms with Crippen molar-refractivity contribution < 1.29 is 14.4 Å². The number of halogens is 1. The second-order valence-electron chi connectivity index (χ2n) is 7.01. The third kappa shape index (κ3) is 4.23. The molecule has 0 saturated carbocycles. The Morgan fingerprint density at radius 2 is 1.69 bits per heavy atom. The normalized spacial score (nSPS) is 20.7. The number of rotatable bonds is 5. The van der Waals surface area contributed by atoms with Gasteiger partial charge in [-0.15, -0.1) is 11.8 Å². The van der Waals surface area contributed by atoms with Crippen molar-refractivity contribution in [1.82, 2.24) is 0 Å². The van der Waals surface area contributed by atoms with Crippen LogP contribution in [0.4, 0.5) is 11.4 Å². The van der Waals surface area contributed by atoms with Crippen LogP contribution in [0.2, 0.25) is 5.02 Å². The molecule has 2 unspecified atom stereocenters. The third-order valence-electron chi connectivity index (χ3n) is 5.08. The number of hydrogen-bond donors (Lipinski definition) is 1. The van der Waals surface area contributed by atoms with Gasteiger partial charge in [-0.25, -0.2) is 0 Å². The summed E-state index contributed by atoms with van der Waals surface area (Å²) in [5.74, 6) is -0.615. The van der Waals surface area contributed by atoms with Crippen molar-refractivity contribution in [3.63, 3.8) is 0 Å². The van der Waals surface area contributed by atoms with E-state index in [9.17, 15) is 14.4 Å². The smallest absolute Gasteiger partial charge is 0.238 e. The lowest BCUT2D eigenvalue weighted by Crippen LogP contribution is -2.30. The monoisotopic (exact) mass is 426 g/mol. The Morgan fingerprint density at radius 1 is 1.03 bits per heavy atom. The number of anilines is 2. The Hall–Kier alpha value is -2.57. The van der Waals surface area contributed by atoms with Crippen LogP contribution >= 0.6 is 23.4 Å². The van der Waals surface area contributed by atoms with E-state index in [4.69, 9.17) is 11.6 Å². The van der Waals surface area contributed by atoms with E-state index in [0.717, 1.165) is 4.90 Å². The number of benzene rings is 2. The van der Waals surface area contributed by atoms with Crippen molar-refractivity contribution in [3.05, 3.63) is 65.7 Å². The highest BCUT2D eigenvalue weighted by atomic mass is 35.5. The molecule has 5 nitrogen and oxygen atoms in total. The van der Waals surface area contributed by atoms with Gasteiger partial charge in [0.25, 0.3) is 0 Å². The molecule has 1 fully saturated rings. The van der Waals surface area contributed by atoms with Gasteiger partial charge in [-0.1, -0.05) is 29.8 Å². The van der Waals surface area contributed by atoms with Crippen LogP contribution in [0.1, 0.15) is 12.8 Å². The van der Waals surface area contributed by atoms with E-state index in [1.807, 2.05) is 24.3 Å². The molecule has 2 atom stereocenters. The van der Waals surface area contributed by atoms with Crippen LogP contribution < -0.4 is 10.2 Å². The molecule has 148 valence electrons. The van der Waals surface area contributed by atoms with E-state index >= 15 is 0 Å². The van der Waals surface area contributed by atoms with E-state index in [2.05, 4.69) is 5.32 Å². The van der Waals surface area contributed by atoms with Crippen molar-refractivity contribution in [3.8, 4) is 0 Å². The maximum atomic E-state index is 12.7. The molecule has 0 aromatic heterocycles. The first-order chi connectivity index (χ1) is 14.0. The van der Waals surface area contributed by atoms with Crippen LogP contribution in [0.15, 0.2) is 65.6 Å². The van der Waals surface area contributed by atoms with Gasteiger partial charge in [0, 0.05) is 15.6 Å². The van der Waals surface area contributed by atoms with Gasteiger partial charge >= 0.3 is 0 Å². The molecule has 2 aromatic rings. The molecular formula is C22H19ClN2O3S. The molecule has 1 aliphatic carbocycles. The highest BCUT2D eigenvalue weighted by molar-refractivity contribution is 8.00. The Morgan fingerprint density at radius 3 is 2.31 bits per heavy atom. The van der Waals surface area contributed by atoms with Crippen molar-refractivity contribution in [1.29, 1.82) is 0 Å². The summed E-state index contributed by atoms with van der Waals surface area (Å²) in [7, 11) is 0. The molecule has 1 aliphatic heterocycles. The zero-order valence-electron chi connectivity index (χ0n) is 15.5. The highest BCUT2D eigenvalue weighted by Gasteiger charge is 2.47. The van der Waals surface area contributed by atoms with Crippen LogP contribution in [0.25, 0.3) is 0 Å². The lowest BCUT2D eigenvalue weighted by molar-refractivity contribution is -0.122. The topological polar surface area (TPSA) is 66.5 Å². The van der Waals surface area contributed by atoms with Gasteiger partial charge in [-0.05, 0) is 55.3 Å². The molecule has 29 heavy (non-hydrogen) atoms. The summed E-state index contributed by atoms with van der Waals surface area (Å²) < 4.78 is 0. The maximum absolute atomic E-state index is 12.7. The minimum Gasteiger partial charge on any atom is -0.325 e. The SMILES string of the molecule is O=C(CSc1ccc(N2C(=O)C3CC=CCC3C2=O)cc1)Nc1cccc(Cl)c1. The molecule has 2 aromatic carbocycles. The summed E-state index contributed by atoms with van der Waals surface area (Å²) in [5.41, 5.74) is 1.24. The molecule has 0 spiro atoms. The van der Waals surface area contributed by atoms with Gasteiger partial charge in [0.05, 0.1) is 23.3 Å². The maximum Gasteiger partial charge on any atom is 0.238 e. The Balaban J connectivity index is 1.36. The largest absolute Gasteiger partial charge is 0.325 e. The fourth-order valence-electron chi connectivity index (χ4n) is 3.66. The second kappa shape index (κ2) is 8.43. The van der Waals surface area contributed by atoms with E-state index < -0.39 is 0 Å². The zero-order valence-corrected chi connectivity index (χ0v) is 17.1. The third-order valence-corrected chi connectivity index (χ3v) is 6.33. The summed E-state index contributed by atoms with van der Waals surface area (Å²) in [6, 6.07) is 14.2. The number of amides is 3. The summed E-state index contributed by atoms with van der Waals surface area (Å²) >= 11 is 7.30. The zero-order chi connectivity index (χ0) is 20.4. The van der Waals surface area contributed by atoms with E-state index in [0.29, 0.717) is 29.2 Å². The van der Waals surface area contributed by atoms with Crippen LogP contribution in [0.3, 0.4) is 0 Å². The van der Waals surface area contributed by atoms with Crippen LogP contribution in [-0.4, -0.2) is 23.5 Å². The Kier molecular flexibility index (Phi) is 5.74. The molecule has 1 saturated heterocycles. The van der Waals surface area contributed by atoms with E-state index in [1.54, 1.807) is 36.4 Å². The molecule has 0 radical (unpaired) electrons. The van der Waals surface area contributed by atoms with Gasteiger partial charge in [0.15, 0.2) is 0 Å². The highest BCUT2D eigenvalue weighted by Crippen LogP contribution is 2.38. The number of fused-ring (bicyclic) bond motifs is 1. The molecule has 0 bridgehead atoms. The number of thioether (sulfide) groups is 1. The predicted octanol–water partition coefficient (Wildman–Crippen LogP) is 4.53. The minimum atomic E-state index is -0.239. The van der Waals surface area contributed by atoms with Gasteiger partial charge in [-0.2, -0.15) is 0 Å². The summed E-state index contributed by atoms with van der Waals surface area (Å²) in [6.07, 6.45) is 5.21. The van der Waals surface area contributed by atoms with Crippen LogP contribution in [-0.2, 0) is 14.4 Å². The first-order valence-corrected chi connectivity index (χ1v) is 10.7. The molecule has 2 aliphatic rings. The van der Waals surface area contributed by atoms with E-state index in [-0.39, 0.29) is 35.3 Å². The molecule has 1 N–H and O–H groups in total. The van der Waals surface area contributed by atoms with Crippen LogP contribution in [0.5, 0.6) is 0 Å². The average Bonchev–Trinajstić information content (AvgIpc) is 2.98. The standard InChI is InChI=1S/C22H19ClN2O3S/c23-14-4-3-5-15(12-14)24-20(26)13-29-17-10-8-16(9-11-17)25-21(27)18-6-1-2-7-19(18)22(25)28/h1-5,8-12,18-19H,6-7,13H2,(H,24,26). The molecule has 1 heterocycles. The fraction of sp³-hybridized carbons (Fsp3) is 0.227. The number of imide groups is 1. The van der Waals surface area contributed by atoms with Gasteiger partial charge in [-0.3, -0.25) is 19.3 Å². The van der Waals surface area contributed by atoms with Crippen molar-refractivity contribution in [2.75, 3.05) is 16.0 Å². The van der Waals surface area contributed by atoms with Crippen LogP contribution in [0, 0.1) is 11.8 Å². The van der Waals surface area contributed by atoms with E-state index in [1.165, 1.54) is 16.7 Å². The summed E-state index contributed by atoms with van der Waals surface area (Å²) in [4.78, 5) is 39.6. The lowest BCUT2D eigenvalue weighted by atomic mass is 9.85. The average molecular weight is 427 g/mol. The summed E-state index contributed by atoms with van der Waals surface area (Å²) in [6.45, 7) is 0. The number of hydrogen-bond acceptors (Lipinski definition) is 4. The van der Waals surface area contributed by atoms with Crippen molar-refractivity contribution in [2.45, 2.75) is 17.7 Å². The minimum absolute atomic E-state index is 0.120. The second-order valence-corrected chi connectivity index (χ2v) is 8.49. The predicted molar refractivity (Wildman–Crippen MR) is 115 cm³/mol. The summed E-state index contributed by atoms with van der Waals surface area (Å²) in [5, 5.41) is 3.36. The molecule has 4 rings (SSSR count). The lowest BCUT2D eigenvalue weighted by Gasteiger charge is -2.15. The molecule has 3 amide bonds. The van der Waals surface area contributed by atoms with Gasteiger partial charge in [0.2, 0.25) is 17.7 Å². The first-order valence-electron chi connectivity index (χ1n) is 9.34. The number of nitrogens with zero attached hydrogens (tertiary/aromatic N) is 1. The quantitative estimate of drug-likeness (QED) is 0.433. The molecule has 7 heteroatoms. The number of nitrogens with one attached hydrogen (secondary N) is 1. The first kappa shape index (κ1) is 19.7. The fourth-order valence-corrected chi connectivity index (χ4v) is 4.55. The van der Waals surface area contributed by atoms with Gasteiger partial charge < -0.3 is 5.32 Å². The number of carbonyl (C=O) groups is 3.